The van der Waals surface area contributed by atoms with Gasteiger partial charge in [-0.05, 0) is 54.2 Å². The number of fused-ring (bicyclic) bond motifs is 4. The highest BCUT2D eigenvalue weighted by Crippen LogP contribution is 2.46. The standard InChI is InChI=1S/C32H38F2N4O/c1-5-21-17-24-25(18-27(21)38-12-8-22(9-13-38)37-14-10-32(33,34)11-15-37)31(2,3)30-28(29(24)39)23-7-6-20(19-35-4)16-26(23)36-30/h6-7,16-19,22,36H,5,8-15H2,1-4H3/b35-19+. The maximum Gasteiger partial charge on any atom is 0.250 e. The highest BCUT2D eigenvalue weighted by atomic mass is 19.3. The number of nitrogens with one attached hydrogen (secondary N) is 1. The van der Waals surface area contributed by atoms with Crippen LogP contribution in [0.15, 0.2) is 35.3 Å². The second kappa shape index (κ2) is 9.54. The number of ketones is 1. The molecule has 3 heterocycles. The van der Waals surface area contributed by atoms with E-state index in [-0.39, 0.29) is 24.0 Å². The van der Waals surface area contributed by atoms with Crippen LogP contribution in [0.2, 0.25) is 0 Å². The first-order valence-corrected chi connectivity index (χ1v) is 14.3. The third-order valence-corrected chi connectivity index (χ3v) is 9.32. The van der Waals surface area contributed by atoms with E-state index in [0.717, 1.165) is 71.2 Å². The normalized spacial score (nSPS) is 21.5. The number of nitrogens with zero attached hydrogens (tertiary/aromatic N) is 3. The fourth-order valence-corrected chi connectivity index (χ4v) is 7.02. The molecule has 2 fully saturated rings. The first-order chi connectivity index (χ1) is 18.6. The Balaban J connectivity index is 1.31. The van der Waals surface area contributed by atoms with Crippen LogP contribution in [0, 0.1) is 0 Å². The lowest BCUT2D eigenvalue weighted by Gasteiger charge is -2.43. The molecule has 0 bridgehead atoms. The average molecular weight is 533 g/mol. The third-order valence-electron chi connectivity index (χ3n) is 9.32. The molecule has 0 unspecified atom stereocenters. The molecule has 0 amide bonds. The van der Waals surface area contributed by atoms with Crippen molar-refractivity contribution in [3.05, 3.63) is 63.8 Å². The minimum Gasteiger partial charge on any atom is -0.371 e. The van der Waals surface area contributed by atoms with Crippen molar-refractivity contribution in [1.29, 1.82) is 0 Å². The van der Waals surface area contributed by atoms with E-state index in [2.05, 4.69) is 58.7 Å². The number of aromatic nitrogens is 1. The van der Waals surface area contributed by atoms with Crippen LogP contribution in [-0.2, 0) is 11.8 Å². The van der Waals surface area contributed by atoms with E-state index in [1.165, 1.54) is 11.3 Å². The highest BCUT2D eigenvalue weighted by molar-refractivity contribution is 6.20. The number of H-pyrrole nitrogens is 1. The fraction of sp³-hybridized carbons (Fsp3) is 0.500. The molecule has 1 aliphatic carbocycles. The summed E-state index contributed by atoms with van der Waals surface area (Å²) in [5.41, 5.74) is 7.62. The summed E-state index contributed by atoms with van der Waals surface area (Å²) in [4.78, 5) is 26.4. The molecule has 0 atom stereocenters. The third kappa shape index (κ3) is 4.39. The van der Waals surface area contributed by atoms with Gasteiger partial charge in [0.2, 0.25) is 0 Å². The van der Waals surface area contributed by atoms with E-state index < -0.39 is 5.92 Å². The summed E-state index contributed by atoms with van der Waals surface area (Å²) < 4.78 is 27.4. The Bertz CT molecular complexity index is 1450. The predicted molar refractivity (Wildman–Crippen MR) is 154 cm³/mol. The van der Waals surface area contributed by atoms with Crippen molar-refractivity contribution >= 4 is 28.6 Å². The van der Waals surface area contributed by atoms with Gasteiger partial charge in [0.05, 0.1) is 5.56 Å². The van der Waals surface area contributed by atoms with E-state index in [1.807, 2.05) is 18.3 Å². The number of benzene rings is 2. The van der Waals surface area contributed by atoms with Crippen LogP contribution in [-0.4, -0.2) is 67.1 Å². The van der Waals surface area contributed by atoms with E-state index in [4.69, 9.17) is 0 Å². The van der Waals surface area contributed by atoms with Crippen LogP contribution in [0.4, 0.5) is 14.5 Å². The molecule has 2 aromatic carbocycles. The number of hydrogen-bond acceptors (Lipinski definition) is 4. The molecule has 2 saturated heterocycles. The van der Waals surface area contributed by atoms with Gasteiger partial charge in [-0.25, -0.2) is 8.78 Å². The second-order valence-corrected chi connectivity index (χ2v) is 12.0. The first-order valence-electron chi connectivity index (χ1n) is 14.3. The minimum atomic E-state index is -2.50. The van der Waals surface area contributed by atoms with Gasteiger partial charge in [0.15, 0.2) is 5.78 Å². The lowest BCUT2D eigenvalue weighted by Crippen LogP contribution is -2.49. The number of anilines is 1. The van der Waals surface area contributed by atoms with Crippen molar-refractivity contribution in [2.24, 2.45) is 4.99 Å². The number of aliphatic imine (C=N–C) groups is 1. The Morgan fingerprint density at radius 3 is 2.46 bits per heavy atom. The molecular formula is C32H38F2N4O. The molecule has 3 aromatic rings. The van der Waals surface area contributed by atoms with Gasteiger partial charge in [-0.15, -0.1) is 0 Å². The number of carbonyl (C=O) groups excluding carboxylic acids is 1. The Labute approximate surface area is 229 Å². The number of likely N-dealkylation sites (tertiary alicyclic amines) is 1. The number of carbonyl (C=O) groups is 1. The van der Waals surface area contributed by atoms with Crippen molar-refractivity contribution in [2.75, 3.05) is 38.1 Å². The monoisotopic (exact) mass is 532 g/mol. The zero-order chi connectivity index (χ0) is 27.5. The number of rotatable bonds is 4. The largest absolute Gasteiger partial charge is 0.371 e. The van der Waals surface area contributed by atoms with Crippen LogP contribution in [0.3, 0.4) is 0 Å². The number of aryl methyl sites for hydroxylation is 1. The minimum absolute atomic E-state index is 0.0234. The SMILES string of the molecule is CCc1cc2c(cc1N1CCC(N3CCC(F)(F)CC3)CC1)C(C)(C)c1[nH]c3cc(/C=N/C)ccc3c1C2=O. The fourth-order valence-electron chi connectivity index (χ4n) is 7.02. The number of aromatic amines is 1. The molecule has 1 aromatic heterocycles. The molecule has 3 aliphatic rings. The van der Waals surface area contributed by atoms with Crippen LogP contribution in [0.1, 0.15) is 84.8 Å². The summed E-state index contributed by atoms with van der Waals surface area (Å²) in [7, 11) is 1.76. The zero-order valence-electron chi connectivity index (χ0n) is 23.4. The van der Waals surface area contributed by atoms with E-state index >= 15 is 0 Å². The summed E-state index contributed by atoms with van der Waals surface area (Å²) in [6.45, 7) is 9.34. The number of alkyl halides is 2. The molecule has 1 N–H and O–H groups in total. The van der Waals surface area contributed by atoms with E-state index in [0.29, 0.717) is 19.1 Å². The van der Waals surface area contributed by atoms with Crippen LogP contribution in [0.5, 0.6) is 0 Å². The molecule has 39 heavy (non-hydrogen) atoms. The lowest BCUT2D eigenvalue weighted by atomic mass is 9.70. The van der Waals surface area contributed by atoms with Gasteiger partial charge >= 0.3 is 0 Å². The van der Waals surface area contributed by atoms with Gasteiger partial charge in [0.1, 0.15) is 0 Å². The molecule has 0 spiro atoms. The Morgan fingerprint density at radius 2 is 1.79 bits per heavy atom. The predicted octanol–water partition coefficient (Wildman–Crippen LogP) is 6.35. The number of piperidine rings is 2. The quantitative estimate of drug-likeness (QED) is 0.399. The van der Waals surface area contributed by atoms with Gasteiger partial charge in [-0.1, -0.05) is 32.9 Å². The molecule has 7 heteroatoms. The molecule has 0 radical (unpaired) electrons. The zero-order valence-corrected chi connectivity index (χ0v) is 23.4. The molecule has 0 saturated carbocycles. The highest BCUT2D eigenvalue weighted by Gasteiger charge is 2.41. The summed E-state index contributed by atoms with van der Waals surface area (Å²) in [6.07, 6.45) is 4.57. The average Bonchev–Trinajstić information content (AvgIpc) is 3.32. The number of hydrogen-bond donors (Lipinski definition) is 1. The molecule has 206 valence electrons. The summed E-state index contributed by atoms with van der Waals surface area (Å²) in [5.74, 6) is -2.42. The maximum atomic E-state index is 14.0. The van der Waals surface area contributed by atoms with E-state index in [9.17, 15) is 13.6 Å². The van der Waals surface area contributed by atoms with Gasteiger partial charge in [-0.3, -0.25) is 14.7 Å². The van der Waals surface area contributed by atoms with Gasteiger partial charge in [-0.2, -0.15) is 0 Å². The van der Waals surface area contributed by atoms with Crippen LogP contribution < -0.4 is 4.90 Å². The molecule has 5 nitrogen and oxygen atoms in total. The molecule has 2 aliphatic heterocycles. The first kappa shape index (κ1) is 26.2. The van der Waals surface area contributed by atoms with Gasteiger partial charge < -0.3 is 9.88 Å². The van der Waals surface area contributed by atoms with Crippen molar-refractivity contribution in [1.82, 2.24) is 9.88 Å². The molecular weight excluding hydrogens is 494 g/mol. The maximum absolute atomic E-state index is 14.0. The Kier molecular flexibility index (Phi) is 6.41. The summed E-state index contributed by atoms with van der Waals surface area (Å²) >= 11 is 0. The lowest BCUT2D eigenvalue weighted by molar-refractivity contribution is -0.0646. The van der Waals surface area contributed by atoms with Crippen LogP contribution in [0.25, 0.3) is 10.9 Å². The van der Waals surface area contributed by atoms with Crippen molar-refractivity contribution in [2.45, 2.75) is 70.3 Å². The van der Waals surface area contributed by atoms with Gasteiger partial charge in [0, 0.05) is 91.6 Å². The van der Waals surface area contributed by atoms with Crippen molar-refractivity contribution < 1.29 is 13.6 Å². The topological polar surface area (TPSA) is 51.7 Å². The van der Waals surface area contributed by atoms with Gasteiger partial charge in [0.25, 0.3) is 5.92 Å². The smallest absolute Gasteiger partial charge is 0.250 e. The Morgan fingerprint density at radius 1 is 1.08 bits per heavy atom. The summed E-state index contributed by atoms with van der Waals surface area (Å²) in [5, 5.41) is 0.960. The number of halogens is 2. The van der Waals surface area contributed by atoms with Crippen molar-refractivity contribution in [3.63, 3.8) is 0 Å². The summed E-state index contributed by atoms with van der Waals surface area (Å²) in [6, 6.07) is 10.9. The van der Waals surface area contributed by atoms with E-state index in [1.54, 1.807) is 7.05 Å². The molecule has 6 rings (SSSR count). The van der Waals surface area contributed by atoms with Crippen LogP contribution >= 0.6 is 0 Å². The Hall–Kier alpha value is -3.06. The van der Waals surface area contributed by atoms with Crippen molar-refractivity contribution in [3.8, 4) is 0 Å². The second-order valence-electron chi connectivity index (χ2n) is 12.0.